The van der Waals surface area contributed by atoms with E-state index in [2.05, 4.69) is 74.4 Å². The average Bonchev–Trinajstić information content (AvgIpc) is 1.57. The first-order chi connectivity index (χ1) is 56.7. The molecule has 4 fully saturated rings. The molecule has 15 atom stereocenters. The van der Waals surface area contributed by atoms with Gasteiger partial charge < -0.3 is 138 Å². The lowest BCUT2D eigenvalue weighted by Gasteiger charge is -2.31. The van der Waals surface area contributed by atoms with Crippen molar-refractivity contribution in [3.05, 3.63) is 29.8 Å². The number of carbonyl (C=O) groups is 21. The van der Waals surface area contributed by atoms with Crippen LogP contribution < -0.4 is 103 Å². The quantitative estimate of drug-likeness (QED) is 0.0209. The number of benzene rings is 1. The Hall–Kier alpha value is -11.2. The number of aliphatic hydroxyl groups excluding tert-OH is 1. The zero-order valence-electron chi connectivity index (χ0n) is 64.4. The van der Waals surface area contributed by atoms with Gasteiger partial charge in [0.05, 0.1) is 45.3 Å². The van der Waals surface area contributed by atoms with E-state index < -0.39 is 296 Å². The van der Waals surface area contributed by atoms with Crippen LogP contribution in [0, 0.1) is 5.41 Å². The summed E-state index contributed by atoms with van der Waals surface area (Å²) in [6, 6.07) is -23.8. The first-order valence-corrected chi connectivity index (χ1v) is 43.3. The van der Waals surface area contributed by atoms with Crippen molar-refractivity contribution < 1.29 is 126 Å². The number of hydrogen-bond acceptors (Lipinski definition) is 30. The Morgan fingerprint density at radius 3 is 1.37 bits per heavy atom. The van der Waals surface area contributed by atoms with E-state index in [0.717, 1.165) is 21.6 Å². The maximum Gasteiger partial charge on any atom is 0.327 e. The first-order valence-electron chi connectivity index (χ1n) is 36.9. The van der Waals surface area contributed by atoms with E-state index in [0.29, 0.717) is 43.2 Å². The minimum atomic E-state index is -2.13. The molecule has 0 aromatic heterocycles. The lowest BCUT2D eigenvalue weighted by Crippen LogP contribution is -2.62. The summed E-state index contributed by atoms with van der Waals surface area (Å²) in [7, 11) is 2.57. The molecule has 0 radical (unpaired) electrons. The number of carboxylic acid groups (broad SMARTS) is 3. The van der Waals surface area contributed by atoms with Gasteiger partial charge in [-0.25, -0.2) is 4.79 Å². The third-order valence-corrected chi connectivity index (χ3v) is 23.8. The number of nitrogens with two attached hydrogens (primary N) is 5. The number of thioether (sulfide) groups is 1. The smallest absolute Gasteiger partial charge is 0.327 e. The number of rotatable bonds is 23. The molecule has 18 amide bonds. The summed E-state index contributed by atoms with van der Waals surface area (Å²) in [6.45, 7) is -2.80. The Bertz CT molecular complexity index is 3990. The summed E-state index contributed by atoms with van der Waals surface area (Å²) >= 11 is 1.11. The highest BCUT2D eigenvalue weighted by Crippen LogP contribution is 2.28. The number of carboxylic acids is 3. The average molecular weight is 1790 g/mol. The lowest BCUT2D eigenvalue weighted by molar-refractivity contribution is -0.146. The van der Waals surface area contributed by atoms with Crippen LogP contribution in [0.5, 0.6) is 5.75 Å². The third kappa shape index (κ3) is 32.5. The Balaban J connectivity index is 1.73. The van der Waals surface area contributed by atoms with Gasteiger partial charge in [-0.3, -0.25) is 101 Å². The van der Waals surface area contributed by atoms with Crippen LogP contribution in [0.15, 0.2) is 24.3 Å². The van der Waals surface area contributed by atoms with Crippen molar-refractivity contribution in [2.75, 3.05) is 67.8 Å². The number of aromatic hydroxyl groups is 1. The van der Waals surface area contributed by atoms with Crippen molar-refractivity contribution in [2.45, 2.75) is 174 Å². The highest BCUT2D eigenvalue weighted by Gasteiger charge is 2.45. The number of nitrogens with one attached hydrogen (secondary N) is 15. The van der Waals surface area contributed by atoms with Crippen LogP contribution in [-0.4, -0.2) is 324 Å². The van der Waals surface area contributed by atoms with Crippen molar-refractivity contribution in [1.82, 2.24) is 84.2 Å². The van der Waals surface area contributed by atoms with Gasteiger partial charge in [0, 0.05) is 49.1 Å². The SMILES string of the molecule is CSCC[C@@H]1NC(=O)[C@H](CC(N)=O)NC(=O)[C@@H]2CSSC[C@H](NC(=O)CN)C(=O)N[C@@H](CSSC[C@@H](C(=O)O)NC(=O)[C@H](Cc3ccc(O)cc3)NC(=O)[C@H](CC(=O)O)NC(=O)[C@@H]3CCCN3C(=O)[C@H](CC(N)=O)NC(=O)[C@H](CC(N)=O)NC1=O)C(=O)N[C@@H](CO)C(=O)N[C@@H](CC(=O)O)C(=O)N1CCC[C@H]1C(=O)N[C@@H](CCCNC(=N)N)C(=O)N2. The summed E-state index contributed by atoms with van der Waals surface area (Å²) < 4.78 is 0. The summed E-state index contributed by atoms with van der Waals surface area (Å²) in [5.74, 6) is -31.2. The van der Waals surface area contributed by atoms with Crippen LogP contribution in [0.4, 0.5) is 0 Å². The van der Waals surface area contributed by atoms with Gasteiger partial charge >= 0.3 is 17.9 Å². The number of primary amides is 3. The zero-order valence-corrected chi connectivity index (χ0v) is 68.4. The van der Waals surface area contributed by atoms with Crippen LogP contribution in [-0.2, 0) is 107 Å². The maximum absolute atomic E-state index is 15.0. The largest absolute Gasteiger partial charge is 0.508 e. The van der Waals surface area contributed by atoms with E-state index in [1.54, 1.807) is 6.26 Å². The molecule has 30 N–H and O–H groups in total. The molecule has 120 heavy (non-hydrogen) atoms. The number of amides is 18. The van der Waals surface area contributed by atoms with Crippen LogP contribution in [0.1, 0.15) is 82.6 Å². The minimum Gasteiger partial charge on any atom is -0.508 e. The number of phenols is 1. The van der Waals surface area contributed by atoms with Crippen molar-refractivity contribution in [3.63, 3.8) is 0 Å². The number of nitrogens with zero attached hydrogens (tertiary/aromatic N) is 2. The van der Waals surface area contributed by atoms with Crippen molar-refractivity contribution >= 4 is 185 Å². The van der Waals surface area contributed by atoms with Crippen LogP contribution in [0.25, 0.3) is 0 Å². The summed E-state index contributed by atoms with van der Waals surface area (Å²) in [5.41, 5.74) is 28.1. The van der Waals surface area contributed by atoms with Gasteiger partial charge in [-0.2, -0.15) is 11.8 Å². The number of carbonyl (C=O) groups excluding carboxylic acids is 18. The van der Waals surface area contributed by atoms with Crippen molar-refractivity contribution in [2.24, 2.45) is 28.7 Å². The van der Waals surface area contributed by atoms with Crippen molar-refractivity contribution in [3.8, 4) is 5.75 Å². The lowest BCUT2D eigenvalue weighted by atomic mass is 10.0. The Kier molecular flexibility index (Phi) is 40.9. The number of aliphatic carboxylic acids is 3. The predicted molar refractivity (Wildman–Crippen MR) is 428 cm³/mol. The molecule has 1 aromatic carbocycles. The standard InChI is InChI=1S/C67H98N22O26S5/c1-116-16-12-32-53(101)79-35(19-47(70)93)56(104)82-37(20-48(71)94)64(112)88-14-4-7-45(88)63(111)81-36(21-50(96)97)57(105)78-33(17-29-8-10-30(91)11-9-29)54(102)87-43(66(114)115)28-120-119-27-42-61(109)84-39(24-90)58(106)83-38(22-51(98)99)65(113)89-15-3-6-44(89)62(110)77-31(5-2-13-74-67(72)73)52(100)85-41(60(108)80-34(18-46(69)92)55(103)76-32)26-118-117-25-40(59(107)86-42)75-49(95)23-68/h8-11,31-45,90-91H,2-7,12-28,68H2,1H3,(H2,69,92)(H2,70,93)(H2,71,94)(H,75,95)(H,76,103)(H,77,110)(H,78,105)(H,79,101)(H,80,108)(H,81,111)(H,82,104)(H,83,106)(H,84,109)(H,85,100)(H,86,107)(H,87,102)(H,96,97)(H,98,99)(H,114,115)(H4,72,73,74)/t31-,32-,33-,34-,35-,36-,37-,38-,39-,40-,41-,42-,43-,44-,45-/m0/s1. The molecule has 662 valence electrons. The number of fused-ring (bicyclic) bond motifs is 10. The monoisotopic (exact) mass is 1790 g/mol. The number of guanidine groups is 1. The molecule has 4 aliphatic rings. The Morgan fingerprint density at radius 2 is 0.875 bits per heavy atom. The molecule has 4 aliphatic heterocycles. The molecule has 53 heteroatoms. The summed E-state index contributed by atoms with van der Waals surface area (Å²) in [6.07, 6.45) is -5.73. The molecule has 0 saturated carbocycles. The van der Waals surface area contributed by atoms with Gasteiger partial charge in [-0.1, -0.05) is 55.3 Å². The van der Waals surface area contributed by atoms with Crippen molar-refractivity contribution in [1.29, 1.82) is 5.41 Å². The molecule has 4 heterocycles. The fraction of sp³-hybridized carbons (Fsp3) is 0.582. The molecular weight excluding hydrogens is 1690 g/mol. The molecule has 48 nitrogen and oxygen atoms in total. The van der Waals surface area contributed by atoms with Gasteiger partial charge in [0.1, 0.15) is 96.4 Å². The number of phenolic OH excluding ortho intramolecular Hbond substituents is 1. The molecule has 4 saturated heterocycles. The van der Waals surface area contributed by atoms with E-state index in [9.17, 15) is 126 Å². The van der Waals surface area contributed by atoms with E-state index in [-0.39, 0.29) is 81.6 Å². The third-order valence-electron chi connectivity index (χ3n) is 18.3. The fourth-order valence-electron chi connectivity index (χ4n) is 12.3. The zero-order chi connectivity index (χ0) is 89.2. The molecule has 1 aromatic rings. The molecule has 0 aliphatic carbocycles. The van der Waals surface area contributed by atoms with E-state index >= 15 is 0 Å². The van der Waals surface area contributed by atoms with E-state index in [1.165, 1.54) is 24.3 Å². The molecule has 5 rings (SSSR count). The molecular formula is C67H98N22O26S5. The normalized spacial score (nSPS) is 26.6. The van der Waals surface area contributed by atoms with Gasteiger partial charge in [0.15, 0.2) is 5.96 Å². The topological polar surface area (TPSA) is 788 Å². The first kappa shape index (κ1) is 99.4. The second kappa shape index (κ2) is 49.4. The van der Waals surface area contributed by atoms with E-state index in [1.807, 2.05) is 0 Å². The van der Waals surface area contributed by atoms with Gasteiger partial charge in [0.25, 0.3) is 0 Å². The second-order valence-electron chi connectivity index (χ2n) is 27.4. The Morgan fingerprint density at radius 1 is 0.483 bits per heavy atom. The van der Waals surface area contributed by atoms with Gasteiger partial charge in [0.2, 0.25) is 106 Å². The van der Waals surface area contributed by atoms with E-state index in [4.69, 9.17) is 34.1 Å². The fourth-order valence-corrected chi connectivity index (χ4v) is 17.4. The highest BCUT2D eigenvalue weighted by molar-refractivity contribution is 8.77. The minimum absolute atomic E-state index is 0.00156. The van der Waals surface area contributed by atoms with Crippen LogP contribution >= 0.6 is 54.9 Å². The number of hydrogen-bond donors (Lipinski definition) is 25. The Labute approximate surface area is 703 Å². The van der Waals surface area contributed by atoms with Gasteiger partial charge in [-0.15, -0.1) is 0 Å². The van der Waals surface area contributed by atoms with Crippen LogP contribution in [0.3, 0.4) is 0 Å². The molecule has 0 spiro atoms. The predicted octanol–water partition coefficient (Wildman–Crippen LogP) is -11.4. The maximum atomic E-state index is 15.0. The van der Waals surface area contributed by atoms with Crippen LogP contribution in [0.2, 0.25) is 0 Å². The molecule has 0 unspecified atom stereocenters. The number of aliphatic hydroxyl groups is 1. The summed E-state index contributed by atoms with van der Waals surface area (Å²) in [4.78, 5) is 295. The van der Waals surface area contributed by atoms with Gasteiger partial charge in [-0.05, 0) is 74.7 Å². The highest BCUT2D eigenvalue weighted by atomic mass is 33.1. The summed E-state index contributed by atoms with van der Waals surface area (Å²) in [5, 5.41) is 91.6. The molecule has 2 bridgehead atoms. The second-order valence-corrected chi connectivity index (χ2v) is 33.5.